The van der Waals surface area contributed by atoms with Crippen LogP contribution in [0, 0.1) is 0 Å². The van der Waals surface area contributed by atoms with Gasteiger partial charge in [-0.25, -0.2) is 4.79 Å². The third-order valence-electron chi connectivity index (χ3n) is 7.72. The van der Waals surface area contributed by atoms with Crippen molar-refractivity contribution < 1.29 is 102 Å². The number of carbonyl (C=O) groups excluding carboxylic acids is 2. The maximum atomic E-state index is 12.6. The molecule has 286 valence electrons. The van der Waals surface area contributed by atoms with E-state index in [1.165, 1.54) is 0 Å². The van der Waals surface area contributed by atoms with Gasteiger partial charge in [-0.05, 0) is 0 Å². The fourth-order valence-corrected chi connectivity index (χ4v) is 6.00. The molecule has 15 atom stereocenters. The molecule has 49 heavy (non-hydrogen) atoms. The van der Waals surface area contributed by atoms with E-state index in [1.54, 1.807) is 0 Å². The third kappa shape index (κ3) is 10.9. The molecule has 2 fully saturated rings. The molecule has 2 heterocycles. The molecule has 0 unspecified atom stereocenters. The van der Waals surface area contributed by atoms with Gasteiger partial charge in [0, 0.05) is 20.3 Å². The summed E-state index contributed by atoms with van der Waals surface area (Å²) in [5, 5.41) is 118. The maximum absolute atomic E-state index is 12.6. The van der Waals surface area contributed by atoms with Gasteiger partial charge in [0.25, 0.3) is 15.9 Å². The van der Waals surface area contributed by atoms with Gasteiger partial charge < -0.3 is 85.8 Å². The van der Waals surface area contributed by atoms with Gasteiger partial charge in [-0.1, -0.05) is 0 Å². The first kappa shape index (κ1) is 42.9. The van der Waals surface area contributed by atoms with E-state index in [2.05, 4.69) is 10.6 Å². The van der Waals surface area contributed by atoms with Crippen LogP contribution in [-0.4, -0.2) is 204 Å². The van der Waals surface area contributed by atoms with Gasteiger partial charge in [-0.2, -0.15) is 8.42 Å². The number of carbonyl (C=O) groups is 3. The molecular formula is C25H44N2O21S. The van der Waals surface area contributed by atoms with E-state index >= 15 is 0 Å². The predicted molar refractivity (Wildman–Crippen MR) is 153 cm³/mol. The Kier molecular flexibility index (Phi) is 15.6. The maximum Gasteiger partial charge on any atom is 0.364 e. The summed E-state index contributed by atoms with van der Waals surface area (Å²) in [6.45, 7) is -1.31. The first-order chi connectivity index (χ1) is 22.6. The molecule has 2 saturated heterocycles. The monoisotopic (exact) mass is 740 g/mol. The third-order valence-corrected chi connectivity index (χ3v) is 8.48. The molecule has 0 aromatic rings. The summed E-state index contributed by atoms with van der Waals surface area (Å²) >= 11 is 0. The van der Waals surface area contributed by atoms with Crippen LogP contribution in [0.4, 0.5) is 0 Å². The Morgan fingerprint density at radius 2 is 1.57 bits per heavy atom. The molecule has 0 aromatic heterocycles. The molecule has 0 radical (unpaired) electrons. The fourth-order valence-electron chi connectivity index (χ4n) is 5.37. The van der Waals surface area contributed by atoms with Crippen molar-refractivity contribution in [1.82, 2.24) is 10.6 Å². The van der Waals surface area contributed by atoms with Crippen molar-refractivity contribution in [2.45, 2.75) is 112 Å². The van der Waals surface area contributed by atoms with Crippen molar-refractivity contribution in [2.24, 2.45) is 0 Å². The molecule has 2 aliphatic rings. The van der Waals surface area contributed by atoms with Crippen molar-refractivity contribution in [2.75, 3.05) is 25.6 Å². The summed E-state index contributed by atoms with van der Waals surface area (Å²) in [7, 11) is -4.94. The van der Waals surface area contributed by atoms with Crippen molar-refractivity contribution >= 4 is 27.9 Å². The Balaban J connectivity index is 2.56. The minimum absolute atomic E-state index is 0.799. The van der Waals surface area contributed by atoms with E-state index in [9.17, 15) is 79.0 Å². The van der Waals surface area contributed by atoms with Crippen molar-refractivity contribution in [3.63, 3.8) is 0 Å². The Bertz CT molecular complexity index is 1230. The molecule has 2 amide bonds. The number of aliphatic hydroxyl groups excluding tert-OH is 10. The largest absolute Gasteiger partial charge is 0.477 e. The fraction of sp³-hybridized carbons (Fsp3) is 0.880. The highest BCUT2D eigenvalue weighted by Crippen LogP contribution is 2.38. The Hall–Kier alpha value is -2.24. The van der Waals surface area contributed by atoms with Crippen LogP contribution in [-0.2, 0) is 43.4 Å². The number of carboxylic acid groups (broad SMARTS) is 1. The second-order valence-corrected chi connectivity index (χ2v) is 13.1. The average molecular weight is 741 g/mol. The Morgan fingerprint density at radius 3 is 2.04 bits per heavy atom. The molecule has 0 saturated carbocycles. The minimum Gasteiger partial charge on any atom is -0.477 e. The predicted octanol–water partition coefficient (Wildman–Crippen LogP) is -8.55. The molecule has 0 spiro atoms. The van der Waals surface area contributed by atoms with E-state index in [4.69, 9.17) is 23.5 Å². The number of hydrogen-bond donors (Lipinski definition) is 14. The quantitative estimate of drug-likeness (QED) is 0.0615. The summed E-state index contributed by atoms with van der Waals surface area (Å²) in [4.78, 5) is 36.2. The summed E-state index contributed by atoms with van der Waals surface area (Å²) in [6.07, 6.45) is -27.0. The second kappa shape index (κ2) is 17.8. The minimum atomic E-state index is -4.94. The van der Waals surface area contributed by atoms with Gasteiger partial charge >= 0.3 is 5.97 Å². The summed E-state index contributed by atoms with van der Waals surface area (Å²) < 4.78 is 53.6. The van der Waals surface area contributed by atoms with Crippen LogP contribution in [0.2, 0.25) is 0 Å². The van der Waals surface area contributed by atoms with Crippen molar-refractivity contribution in [3.8, 4) is 0 Å². The van der Waals surface area contributed by atoms with Gasteiger partial charge in [0.2, 0.25) is 11.8 Å². The van der Waals surface area contributed by atoms with Crippen LogP contribution in [0.1, 0.15) is 20.3 Å². The van der Waals surface area contributed by atoms with Crippen LogP contribution in [0.15, 0.2) is 0 Å². The summed E-state index contributed by atoms with van der Waals surface area (Å²) in [6, 6.07) is -3.32. The lowest BCUT2D eigenvalue weighted by molar-refractivity contribution is -0.375. The van der Waals surface area contributed by atoms with Gasteiger partial charge in [0.15, 0.2) is 6.29 Å². The molecule has 0 aliphatic carbocycles. The lowest BCUT2D eigenvalue weighted by Crippen LogP contribution is -2.70. The molecular weight excluding hydrogens is 696 g/mol. The topological polar surface area (TPSA) is 389 Å². The normalized spacial score (nSPS) is 34.6. The number of rotatable bonds is 17. The number of aliphatic carboxylic acids is 1. The summed E-state index contributed by atoms with van der Waals surface area (Å²) in [5.41, 5.74) is 0. The smallest absolute Gasteiger partial charge is 0.364 e. The van der Waals surface area contributed by atoms with Crippen LogP contribution < -0.4 is 10.6 Å². The van der Waals surface area contributed by atoms with Gasteiger partial charge in [-0.3, -0.25) is 14.1 Å². The highest BCUT2D eigenvalue weighted by Gasteiger charge is 2.59. The molecule has 2 aliphatic heterocycles. The molecule has 14 N–H and O–H groups in total. The van der Waals surface area contributed by atoms with Crippen molar-refractivity contribution in [3.05, 3.63) is 0 Å². The Morgan fingerprint density at radius 1 is 0.959 bits per heavy atom. The zero-order valence-corrected chi connectivity index (χ0v) is 26.9. The van der Waals surface area contributed by atoms with E-state index in [0.29, 0.717) is 0 Å². The number of hydrogen-bond acceptors (Lipinski definition) is 19. The van der Waals surface area contributed by atoms with E-state index in [-0.39, 0.29) is 0 Å². The highest BCUT2D eigenvalue weighted by atomic mass is 32.2. The molecule has 0 bridgehead atoms. The van der Waals surface area contributed by atoms with Gasteiger partial charge in [0.1, 0.15) is 60.7 Å². The molecule has 23 nitrogen and oxygen atoms in total. The summed E-state index contributed by atoms with van der Waals surface area (Å²) in [5.74, 6) is -8.33. The standard InChI is InChI=1S/C25H44N2O21S/c1-8(31)26-10(4-28)20(17(37)13(35)7-49(42,43)44)46-23-19(39)22(18(38)14(6-30)45-23)48-25(24(40)41)3-11(33)15(27-9(2)32)21(47-25)16(36)12(34)5-29/h10-23,28-30,33-39H,3-7H2,1-2H3,(H,26,31)(H,27,32)(H,40,41)(H,42,43,44)/t10-,11-,12+,13+,14+,15+,16+,17+,18-,19+,20+,21+,22-,23-,25-/m0/s1. The van der Waals surface area contributed by atoms with Crippen LogP contribution in [0.5, 0.6) is 0 Å². The zero-order chi connectivity index (χ0) is 37.6. The van der Waals surface area contributed by atoms with Crippen LogP contribution >= 0.6 is 0 Å². The van der Waals surface area contributed by atoms with Gasteiger partial charge in [0.05, 0.1) is 44.1 Å². The van der Waals surface area contributed by atoms with Gasteiger partial charge in [-0.15, -0.1) is 0 Å². The van der Waals surface area contributed by atoms with Crippen molar-refractivity contribution in [1.29, 1.82) is 0 Å². The first-order valence-corrected chi connectivity index (χ1v) is 16.2. The van der Waals surface area contributed by atoms with Crippen LogP contribution in [0.3, 0.4) is 0 Å². The Labute approximate surface area is 278 Å². The zero-order valence-electron chi connectivity index (χ0n) is 26.1. The number of carboxylic acids is 1. The lowest BCUT2D eigenvalue weighted by atomic mass is 9.88. The first-order valence-electron chi connectivity index (χ1n) is 14.6. The SMILES string of the molecule is CC(=O)N[C@H]1[C@H]([C@H](O)[C@H](O)CO)O[C@@](O[C@H]2[C@@H](O)[C@@H](CO)O[C@@H](O[C@@H]([C@H](O)[C@H](O)CS(=O)(=O)O)[C@H](CO)NC(C)=O)[C@@H]2O)(C(=O)O)C[C@@H]1O. The van der Waals surface area contributed by atoms with E-state index in [1.807, 2.05) is 0 Å². The van der Waals surface area contributed by atoms with E-state index in [0.717, 1.165) is 13.8 Å². The number of amides is 2. The van der Waals surface area contributed by atoms with E-state index < -0.39 is 151 Å². The lowest BCUT2D eigenvalue weighted by Gasteiger charge is -2.50. The molecule has 2 rings (SSSR count). The highest BCUT2D eigenvalue weighted by molar-refractivity contribution is 7.85. The number of nitrogens with one attached hydrogen (secondary N) is 2. The second-order valence-electron chi connectivity index (χ2n) is 11.6. The van der Waals surface area contributed by atoms with Crippen LogP contribution in [0.25, 0.3) is 0 Å². The molecule has 24 heteroatoms. The average Bonchev–Trinajstić information content (AvgIpc) is 3.00. The number of ether oxygens (including phenoxy) is 4. The number of aliphatic hydroxyl groups is 10. The molecule has 0 aromatic carbocycles.